The van der Waals surface area contributed by atoms with Gasteiger partial charge in [-0.3, -0.25) is 4.79 Å². The van der Waals surface area contributed by atoms with Crippen molar-refractivity contribution in [3.05, 3.63) is 11.6 Å². The van der Waals surface area contributed by atoms with Gasteiger partial charge in [0.05, 0.1) is 42.9 Å². The van der Waals surface area contributed by atoms with Crippen LogP contribution in [0.1, 0.15) is 113 Å². The molecule has 13 N–H and O–H groups in total. The van der Waals surface area contributed by atoms with E-state index >= 15 is 4.79 Å². The van der Waals surface area contributed by atoms with E-state index in [2.05, 4.69) is 40.7 Å². The van der Waals surface area contributed by atoms with Crippen molar-refractivity contribution in [1.29, 1.82) is 0 Å². The summed E-state index contributed by atoms with van der Waals surface area (Å²) in [5.41, 5.74) is -2.12. The van der Waals surface area contributed by atoms with Gasteiger partial charge in [0.25, 0.3) is 0 Å². The Morgan fingerprint density at radius 1 is 0.610 bits per heavy atom. The first-order valence-corrected chi connectivity index (χ1v) is 27.7. The number of carbonyl (C=O) groups excluding carboxylic acids is 2. The second-order valence-electron chi connectivity index (χ2n) is 26.0. The zero-order valence-corrected chi connectivity index (χ0v) is 45.1. The van der Waals surface area contributed by atoms with Crippen LogP contribution in [0.5, 0.6) is 0 Å². The third kappa shape index (κ3) is 9.71. The van der Waals surface area contributed by atoms with Gasteiger partial charge < -0.3 is 109 Å². The first-order chi connectivity index (χ1) is 36.1. The van der Waals surface area contributed by atoms with E-state index in [0.717, 1.165) is 12.7 Å². The summed E-state index contributed by atoms with van der Waals surface area (Å²) in [5, 5.41) is 139. The number of carbonyl (C=O) groups is 2. The Hall–Kier alpha value is -1.92. The van der Waals surface area contributed by atoms with E-state index in [1.165, 1.54) is 12.5 Å². The molecule has 23 nitrogen and oxygen atoms in total. The van der Waals surface area contributed by atoms with Gasteiger partial charge in [-0.2, -0.15) is 0 Å². The molecule has 0 aromatic heterocycles. The summed E-state index contributed by atoms with van der Waals surface area (Å²) < 4.78 is 46.9. The minimum atomic E-state index is -1.89. The molecule has 4 saturated heterocycles. The van der Waals surface area contributed by atoms with Crippen LogP contribution in [-0.4, -0.2) is 227 Å². The molecule has 0 amide bonds. The largest absolute Gasteiger partial charge is 0.432 e. The van der Waals surface area contributed by atoms with E-state index in [-0.39, 0.29) is 34.0 Å². The van der Waals surface area contributed by atoms with Crippen LogP contribution in [0.3, 0.4) is 0 Å². The number of rotatable bonds is 12. The lowest BCUT2D eigenvalue weighted by Crippen LogP contribution is -2.67. The molecule has 0 unspecified atom stereocenters. The fourth-order valence-corrected chi connectivity index (χ4v) is 16.2. The lowest BCUT2D eigenvalue weighted by atomic mass is 9.33. The Kier molecular flexibility index (Phi) is 16.8. The van der Waals surface area contributed by atoms with Crippen LogP contribution >= 0.6 is 0 Å². The number of aliphatic hydroxyl groups excluding tert-OH is 13. The third-order valence-corrected chi connectivity index (χ3v) is 21.3. The summed E-state index contributed by atoms with van der Waals surface area (Å²) in [6.07, 6.45) is -23.3. The summed E-state index contributed by atoms with van der Waals surface area (Å²) in [6.45, 7) is 12.6. The predicted octanol–water partition coefficient (Wildman–Crippen LogP) is -1.83. The van der Waals surface area contributed by atoms with Gasteiger partial charge >= 0.3 is 5.97 Å². The zero-order valence-electron chi connectivity index (χ0n) is 45.1. The molecule has 29 atom stereocenters. The van der Waals surface area contributed by atoms with Crippen molar-refractivity contribution in [1.82, 2.24) is 0 Å². The average molecular weight is 1100 g/mol. The van der Waals surface area contributed by atoms with Crippen LogP contribution in [0.4, 0.5) is 0 Å². The minimum absolute atomic E-state index is 0.108. The highest BCUT2D eigenvalue weighted by atomic mass is 16.8. The van der Waals surface area contributed by atoms with Gasteiger partial charge in [0.1, 0.15) is 97.8 Å². The maximum Gasteiger partial charge on any atom is 0.315 e. The number of ether oxygens (including phenoxy) is 8. The van der Waals surface area contributed by atoms with Crippen molar-refractivity contribution in [3.63, 3.8) is 0 Å². The molecular formula is C54H86O23. The number of hydrogen-bond donors (Lipinski definition) is 13. The molecule has 0 spiro atoms. The normalized spacial score (nSPS) is 54.6. The molecule has 9 aliphatic rings. The van der Waals surface area contributed by atoms with E-state index in [0.29, 0.717) is 57.8 Å². The minimum Gasteiger partial charge on any atom is -0.432 e. The van der Waals surface area contributed by atoms with Gasteiger partial charge in [-0.1, -0.05) is 53.2 Å². The van der Waals surface area contributed by atoms with Crippen LogP contribution in [0, 0.1) is 50.2 Å². The van der Waals surface area contributed by atoms with E-state index in [1.54, 1.807) is 0 Å². The van der Waals surface area contributed by atoms with Crippen molar-refractivity contribution in [2.75, 3.05) is 19.8 Å². The van der Waals surface area contributed by atoms with Crippen LogP contribution in [-0.2, 0) is 47.5 Å². The predicted molar refractivity (Wildman–Crippen MR) is 262 cm³/mol. The number of allylic oxidation sites excluding steroid dienone is 2. The molecule has 9 rings (SSSR count). The number of esters is 1. The van der Waals surface area contributed by atoms with Gasteiger partial charge in [0.2, 0.25) is 6.29 Å². The monoisotopic (exact) mass is 1100 g/mol. The number of aldehydes is 1. The first-order valence-electron chi connectivity index (χ1n) is 27.7. The summed E-state index contributed by atoms with van der Waals surface area (Å²) in [5.74, 6) is -0.937. The number of fused-ring (bicyclic) bond motifs is 7. The van der Waals surface area contributed by atoms with E-state index in [4.69, 9.17) is 37.9 Å². The lowest BCUT2D eigenvalue weighted by molar-refractivity contribution is -0.361. The molecule has 4 saturated carbocycles. The molecule has 77 heavy (non-hydrogen) atoms. The Labute approximate surface area is 448 Å². The quantitative estimate of drug-likeness (QED) is 0.0442. The molecule has 4 heterocycles. The highest BCUT2D eigenvalue weighted by Crippen LogP contribution is 2.76. The van der Waals surface area contributed by atoms with E-state index < -0.39 is 171 Å². The van der Waals surface area contributed by atoms with Crippen molar-refractivity contribution < 1.29 is 114 Å². The zero-order chi connectivity index (χ0) is 56.3. The lowest BCUT2D eigenvalue weighted by Gasteiger charge is -2.71. The summed E-state index contributed by atoms with van der Waals surface area (Å²) in [7, 11) is 0. The van der Waals surface area contributed by atoms with E-state index in [9.17, 15) is 71.2 Å². The van der Waals surface area contributed by atoms with E-state index in [1.807, 2.05) is 6.92 Å². The Bertz CT molecular complexity index is 2150. The fraction of sp³-hybridized carbons (Fsp3) is 0.926. The van der Waals surface area contributed by atoms with Crippen LogP contribution in [0.25, 0.3) is 0 Å². The van der Waals surface area contributed by atoms with Gasteiger partial charge in [-0.05, 0) is 111 Å². The highest BCUT2D eigenvalue weighted by Gasteiger charge is 2.71. The molecule has 8 fully saturated rings. The first kappa shape index (κ1) is 59.7. The maximum absolute atomic E-state index is 15.1. The van der Waals surface area contributed by atoms with Crippen LogP contribution < -0.4 is 0 Å². The molecule has 4 aliphatic heterocycles. The number of hydrogen-bond acceptors (Lipinski definition) is 23. The molecule has 23 heteroatoms. The molecule has 0 aromatic carbocycles. The van der Waals surface area contributed by atoms with Crippen molar-refractivity contribution in [2.45, 2.75) is 242 Å². The van der Waals surface area contributed by atoms with Crippen molar-refractivity contribution >= 4 is 12.3 Å². The summed E-state index contributed by atoms with van der Waals surface area (Å²) >= 11 is 0. The second-order valence-corrected chi connectivity index (χ2v) is 26.0. The van der Waals surface area contributed by atoms with Gasteiger partial charge in [0, 0.05) is 0 Å². The standard InChI is InChI=1S/C54H86O23/c1-23-32(58)35(61)39(65)45(71-23)76-43-27(20-56)73-44(42(68)38(43)64)70-21-28-34(60)37(63)41(67)47(74-28)77-48(69)54-16-14-49(2,3)18-25(54)24-8-9-30-50(4)12-11-31(75-46-40(66)36(62)33(59)26(19-55)72-46)51(5,22-57)29(50)10-13-53(30,7)52(24,6)15-17-54/h8,22-23,25-47,55-56,58-68H,9-21H2,1-7H3/t23-,25-,26+,27+,28+,29+,30+,31-,32-,33+,34+,35+,36-,37-,38-,39+,40+,41+,42+,43+,44+,45-,46-,47-,50+,51+,52+,53+,54-/m0/s1. The smallest absolute Gasteiger partial charge is 0.315 e. The second kappa shape index (κ2) is 21.7. The Morgan fingerprint density at radius 2 is 1.18 bits per heavy atom. The van der Waals surface area contributed by atoms with Crippen LogP contribution in [0.2, 0.25) is 0 Å². The van der Waals surface area contributed by atoms with Crippen molar-refractivity contribution in [2.24, 2.45) is 50.2 Å². The third-order valence-electron chi connectivity index (χ3n) is 21.3. The topological polar surface area (TPSA) is 371 Å². The van der Waals surface area contributed by atoms with Crippen LogP contribution in [0.15, 0.2) is 11.6 Å². The Balaban J connectivity index is 0.900. The molecule has 440 valence electrons. The molecule has 5 aliphatic carbocycles. The molecule has 0 bridgehead atoms. The molecule has 0 radical (unpaired) electrons. The average Bonchev–Trinajstić information content (AvgIpc) is 3.53. The Morgan fingerprint density at radius 3 is 1.83 bits per heavy atom. The van der Waals surface area contributed by atoms with Gasteiger partial charge in [-0.25, -0.2) is 0 Å². The van der Waals surface area contributed by atoms with Gasteiger partial charge in [0.15, 0.2) is 18.9 Å². The summed E-state index contributed by atoms with van der Waals surface area (Å²) in [4.78, 5) is 28.6. The summed E-state index contributed by atoms with van der Waals surface area (Å²) in [6, 6.07) is 0. The number of aliphatic hydroxyl groups is 13. The maximum atomic E-state index is 15.1. The highest BCUT2D eigenvalue weighted by molar-refractivity contribution is 5.79. The molecular weight excluding hydrogens is 1020 g/mol. The van der Waals surface area contributed by atoms with Gasteiger partial charge in [-0.15, -0.1) is 0 Å². The fourth-order valence-electron chi connectivity index (χ4n) is 16.2. The van der Waals surface area contributed by atoms with Crippen molar-refractivity contribution in [3.8, 4) is 0 Å². The molecule has 0 aromatic rings. The SMILES string of the molecule is C[C@@H]1O[C@@H](O[C@H]2[C@@H](O)[C@@H](O)[C@H](OC[C@H]3O[C@@H](OC(=O)[C@]45CCC(C)(C)C[C@H]4C4=CC[C@@H]6[C@]7(C)CC[C@H](O[C@@H]8O[C@H](CO)[C@@H](O)[C@H](O)[C@H]8O)[C@](C)(C=O)[C@@H]7CC[C@@]6(C)[C@]4(C)CC5)[C@H](O)[C@@H](O)[C@@H]3O)O[C@@H]2CO)[C@H](O)[C@H](O)[C@H]1O.